The van der Waals surface area contributed by atoms with Crippen molar-refractivity contribution in [3.8, 4) is 0 Å². The fourth-order valence-electron chi connectivity index (χ4n) is 1.76. The molecule has 2 nitrogen and oxygen atoms in total. The SMILES string of the molecule is CCC(NCC(C)C)C(O)c1ccc(Cl)cc1. The maximum atomic E-state index is 10.3. The molecule has 0 saturated heterocycles. The van der Waals surface area contributed by atoms with Gasteiger partial charge < -0.3 is 10.4 Å². The van der Waals surface area contributed by atoms with Crippen LogP contribution in [0.25, 0.3) is 0 Å². The summed E-state index contributed by atoms with van der Waals surface area (Å²) in [5, 5.41) is 14.4. The summed E-state index contributed by atoms with van der Waals surface area (Å²) in [4.78, 5) is 0. The molecule has 2 unspecified atom stereocenters. The molecule has 0 saturated carbocycles. The summed E-state index contributed by atoms with van der Waals surface area (Å²) in [6, 6.07) is 7.49. The Morgan fingerprint density at radius 2 is 1.82 bits per heavy atom. The van der Waals surface area contributed by atoms with Gasteiger partial charge in [-0.15, -0.1) is 0 Å². The zero-order valence-electron chi connectivity index (χ0n) is 10.8. The van der Waals surface area contributed by atoms with Crippen LogP contribution in [0, 0.1) is 5.92 Å². The van der Waals surface area contributed by atoms with Crippen molar-refractivity contribution in [3.63, 3.8) is 0 Å². The van der Waals surface area contributed by atoms with Crippen LogP contribution in [0.4, 0.5) is 0 Å². The number of hydrogen-bond donors (Lipinski definition) is 2. The van der Waals surface area contributed by atoms with Crippen LogP contribution >= 0.6 is 11.6 Å². The molecule has 0 aliphatic heterocycles. The van der Waals surface area contributed by atoms with E-state index in [1.807, 2.05) is 24.3 Å². The van der Waals surface area contributed by atoms with E-state index in [1.54, 1.807) is 0 Å². The lowest BCUT2D eigenvalue weighted by molar-refractivity contribution is 0.124. The standard InChI is InChI=1S/C14H22ClNO/c1-4-13(16-9-10(2)3)14(17)11-5-7-12(15)8-6-11/h5-8,10,13-14,16-17H,4,9H2,1-3H3. The highest BCUT2D eigenvalue weighted by Gasteiger charge is 2.18. The molecule has 2 N–H and O–H groups in total. The number of rotatable bonds is 6. The van der Waals surface area contributed by atoms with Crippen LogP contribution in [0.5, 0.6) is 0 Å². The lowest BCUT2D eigenvalue weighted by Crippen LogP contribution is -2.36. The monoisotopic (exact) mass is 255 g/mol. The van der Waals surface area contributed by atoms with E-state index >= 15 is 0 Å². The van der Waals surface area contributed by atoms with Gasteiger partial charge in [0.15, 0.2) is 0 Å². The van der Waals surface area contributed by atoms with Crippen molar-refractivity contribution >= 4 is 11.6 Å². The van der Waals surface area contributed by atoms with Crippen LogP contribution in [-0.2, 0) is 0 Å². The Bertz CT molecular complexity index is 323. The van der Waals surface area contributed by atoms with Gasteiger partial charge in [-0.2, -0.15) is 0 Å². The van der Waals surface area contributed by atoms with E-state index in [1.165, 1.54) is 0 Å². The number of aliphatic hydroxyl groups excluding tert-OH is 1. The van der Waals surface area contributed by atoms with Gasteiger partial charge in [-0.3, -0.25) is 0 Å². The summed E-state index contributed by atoms with van der Waals surface area (Å²) >= 11 is 5.84. The van der Waals surface area contributed by atoms with Gasteiger partial charge in [0, 0.05) is 11.1 Å². The summed E-state index contributed by atoms with van der Waals surface area (Å²) in [5.74, 6) is 0.585. The van der Waals surface area contributed by atoms with Crippen molar-refractivity contribution in [1.82, 2.24) is 5.32 Å². The Morgan fingerprint density at radius 3 is 2.29 bits per heavy atom. The van der Waals surface area contributed by atoms with Crippen molar-refractivity contribution in [3.05, 3.63) is 34.9 Å². The lowest BCUT2D eigenvalue weighted by Gasteiger charge is -2.24. The summed E-state index contributed by atoms with van der Waals surface area (Å²) in [7, 11) is 0. The lowest BCUT2D eigenvalue weighted by atomic mass is 10.00. The van der Waals surface area contributed by atoms with E-state index in [2.05, 4.69) is 26.1 Å². The minimum atomic E-state index is -0.476. The number of halogens is 1. The van der Waals surface area contributed by atoms with Gasteiger partial charge in [-0.05, 0) is 36.6 Å². The minimum Gasteiger partial charge on any atom is -0.387 e. The Kier molecular flexibility index (Phi) is 5.96. The molecule has 2 atom stereocenters. The Hall–Kier alpha value is -0.570. The van der Waals surface area contributed by atoms with E-state index in [-0.39, 0.29) is 6.04 Å². The third kappa shape index (κ3) is 4.66. The van der Waals surface area contributed by atoms with Crippen LogP contribution in [0.2, 0.25) is 5.02 Å². The molecular weight excluding hydrogens is 234 g/mol. The zero-order valence-corrected chi connectivity index (χ0v) is 11.5. The highest BCUT2D eigenvalue weighted by molar-refractivity contribution is 6.30. The average molecular weight is 256 g/mol. The van der Waals surface area contributed by atoms with E-state index < -0.39 is 6.10 Å². The van der Waals surface area contributed by atoms with Crippen LogP contribution in [0.3, 0.4) is 0 Å². The van der Waals surface area contributed by atoms with Gasteiger partial charge in [-0.25, -0.2) is 0 Å². The highest BCUT2D eigenvalue weighted by atomic mass is 35.5. The first-order valence-corrected chi connectivity index (χ1v) is 6.59. The molecule has 17 heavy (non-hydrogen) atoms. The topological polar surface area (TPSA) is 32.3 Å². The molecule has 1 aromatic rings. The normalized spacial score (nSPS) is 14.9. The van der Waals surface area contributed by atoms with Crippen LogP contribution in [-0.4, -0.2) is 17.7 Å². The van der Waals surface area contributed by atoms with Gasteiger partial charge in [0.2, 0.25) is 0 Å². The molecule has 1 aromatic carbocycles. The van der Waals surface area contributed by atoms with Gasteiger partial charge in [0.25, 0.3) is 0 Å². The molecule has 0 amide bonds. The van der Waals surface area contributed by atoms with Crippen LogP contribution in [0.15, 0.2) is 24.3 Å². The Labute approximate surface area is 109 Å². The second-order valence-corrected chi connectivity index (χ2v) is 5.25. The van der Waals surface area contributed by atoms with E-state index in [9.17, 15) is 5.11 Å². The van der Waals surface area contributed by atoms with Crippen LogP contribution in [0.1, 0.15) is 38.9 Å². The molecule has 0 aromatic heterocycles. The van der Waals surface area contributed by atoms with Crippen molar-refractivity contribution in [2.24, 2.45) is 5.92 Å². The third-order valence-corrected chi connectivity index (χ3v) is 3.07. The molecule has 0 aliphatic carbocycles. The summed E-state index contributed by atoms with van der Waals surface area (Å²) in [6.45, 7) is 7.32. The van der Waals surface area contributed by atoms with E-state index in [4.69, 9.17) is 11.6 Å². The Balaban J connectivity index is 2.64. The molecule has 0 fully saturated rings. The van der Waals surface area contributed by atoms with Gasteiger partial charge in [-0.1, -0.05) is 44.5 Å². The third-order valence-electron chi connectivity index (χ3n) is 2.82. The number of nitrogens with one attached hydrogen (secondary N) is 1. The maximum Gasteiger partial charge on any atom is 0.0942 e. The molecule has 0 bridgehead atoms. The predicted octanol–water partition coefficient (Wildman–Crippen LogP) is 3.40. The first-order valence-electron chi connectivity index (χ1n) is 6.21. The second kappa shape index (κ2) is 7.00. The molecule has 0 heterocycles. The zero-order chi connectivity index (χ0) is 12.8. The summed E-state index contributed by atoms with van der Waals surface area (Å²) < 4.78 is 0. The van der Waals surface area contributed by atoms with Gasteiger partial charge in [0.1, 0.15) is 0 Å². The quantitative estimate of drug-likeness (QED) is 0.817. The molecule has 0 radical (unpaired) electrons. The molecule has 0 spiro atoms. The average Bonchev–Trinajstić information content (AvgIpc) is 2.30. The molecular formula is C14H22ClNO. The minimum absolute atomic E-state index is 0.0959. The fourth-order valence-corrected chi connectivity index (χ4v) is 1.88. The maximum absolute atomic E-state index is 10.3. The van der Waals surface area contributed by atoms with E-state index in [0.717, 1.165) is 18.5 Å². The van der Waals surface area contributed by atoms with Crippen molar-refractivity contribution in [1.29, 1.82) is 0 Å². The van der Waals surface area contributed by atoms with Gasteiger partial charge >= 0.3 is 0 Å². The van der Waals surface area contributed by atoms with Crippen molar-refractivity contribution < 1.29 is 5.11 Å². The molecule has 1 rings (SSSR count). The first kappa shape index (κ1) is 14.5. The smallest absolute Gasteiger partial charge is 0.0942 e. The van der Waals surface area contributed by atoms with Gasteiger partial charge in [0.05, 0.1) is 6.10 Å². The number of hydrogen-bond acceptors (Lipinski definition) is 2. The first-order chi connectivity index (χ1) is 8.04. The largest absolute Gasteiger partial charge is 0.387 e. The fraction of sp³-hybridized carbons (Fsp3) is 0.571. The summed E-state index contributed by atoms with van der Waals surface area (Å²) in [6.07, 6.45) is 0.423. The van der Waals surface area contributed by atoms with E-state index in [0.29, 0.717) is 10.9 Å². The second-order valence-electron chi connectivity index (χ2n) is 4.81. The molecule has 0 aliphatic rings. The highest BCUT2D eigenvalue weighted by Crippen LogP contribution is 2.21. The number of aliphatic hydroxyl groups is 1. The summed E-state index contributed by atoms with van der Waals surface area (Å²) in [5.41, 5.74) is 0.914. The molecule has 96 valence electrons. The van der Waals surface area contributed by atoms with Crippen molar-refractivity contribution in [2.75, 3.05) is 6.54 Å². The number of benzene rings is 1. The molecule has 3 heteroatoms. The predicted molar refractivity (Wildman–Crippen MR) is 73.3 cm³/mol. The van der Waals surface area contributed by atoms with Crippen molar-refractivity contribution in [2.45, 2.75) is 39.3 Å². The van der Waals surface area contributed by atoms with Crippen LogP contribution < -0.4 is 5.32 Å². The Morgan fingerprint density at radius 1 is 1.24 bits per heavy atom.